The SMILES string of the molecule is CCOCCOCC(O)CNC1CN2CCC1CC2. The Morgan fingerprint density at radius 1 is 1.26 bits per heavy atom. The number of ether oxygens (including phenoxy) is 2. The molecule has 2 unspecified atom stereocenters. The van der Waals surface area contributed by atoms with Crippen molar-refractivity contribution in [3.8, 4) is 0 Å². The van der Waals surface area contributed by atoms with Crippen LogP contribution in [0.4, 0.5) is 0 Å². The van der Waals surface area contributed by atoms with Gasteiger partial charge < -0.3 is 24.8 Å². The van der Waals surface area contributed by atoms with Crippen LogP contribution in [0.2, 0.25) is 0 Å². The summed E-state index contributed by atoms with van der Waals surface area (Å²) < 4.78 is 10.6. The number of nitrogens with one attached hydrogen (secondary N) is 1. The quantitative estimate of drug-likeness (QED) is 0.582. The Morgan fingerprint density at radius 3 is 2.63 bits per heavy atom. The lowest BCUT2D eigenvalue weighted by Crippen LogP contribution is -2.57. The number of aliphatic hydroxyl groups excluding tert-OH is 1. The molecule has 0 aromatic heterocycles. The van der Waals surface area contributed by atoms with Crippen molar-refractivity contribution in [2.45, 2.75) is 31.9 Å². The molecule has 3 aliphatic rings. The van der Waals surface area contributed by atoms with Crippen molar-refractivity contribution in [1.29, 1.82) is 0 Å². The van der Waals surface area contributed by atoms with Crippen molar-refractivity contribution < 1.29 is 14.6 Å². The molecule has 0 saturated carbocycles. The van der Waals surface area contributed by atoms with E-state index < -0.39 is 6.10 Å². The number of fused-ring (bicyclic) bond motifs is 3. The van der Waals surface area contributed by atoms with Crippen molar-refractivity contribution in [3.63, 3.8) is 0 Å². The number of nitrogens with zero attached hydrogens (tertiary/aromatic N) is 1. The Labute approximate surface area is 116 Å². The van der Waals surface area contributed by atoms with Gasteiger partial charge in [-0.05, 0) is 38.8 Å². The standard InChI is InChI=1S/C14H28N2O3/c1-2-18-7-8-19-11-13(17)9-15-14-10-16-5-3-12(14)4-6-16/h12-15,17H,2-11H2,1H3. The van der Waals surface area contributed by atoms with Gasteiger partial charge in [-0.3, -0.25) is 0 Å². The Bertz CT molecular complexity index is 245. The number of aliphatic hydroxyl groups is 1. The van der Waals surface area contributed by atoms with E-state index in [4.69, 9.17) is 9.47 Å². The molecular formula is C14H28N2O3. The lowest BCUT2D eigenvalue weighted by molar-refractivity contribution is 0.00121. The van der Waals surface area contributed by atoms with E-state index in [1.54, 1.807) is 0 Å². The van der Waals surface area contributed by atoms with Crippen molar-refractivity contribution in [3.05, 3.63) is 0 Å². The summed E-state index contributed by atoms with van der Waals surface area (Å²) in [4.78, 5) is 2.52. The minimum atomic E-state index is -0.419. The molecule has 0 aromatic carbocycles. The summed E-state index contributed by atoms with van der Waals surface area (Å²) >= 11 is 0. The molecule has 112 valence electrons. The van der Waals surface area contributed by atoms with Gasteiger partial charge in [-0.25, -0.2) is 0 Å². The average molecular weight is 272 g/mol. The third-order valence-electron chi connectivity index (χ3n) is 4.16. The van der Waals surface area contributed by atoms with Crippen LogP contribution in [0.3, 0.4) is 0 Å². The molecule has 3 saturated heterocycles. The second-order valence-electron chi connectivity index (χ2n) is 5.58. The summed E-state index contributed by atoms with van der Waals surface area (Å²) in [6.07, 6.45) is 2.19. The fourth-order valence-corrected chi connectivity index (χ4v) is 3.02. The molecule has 3 aliphatic heterocycles. The van der Waals surface area contributed by atoms with E-state index >= 15 is 0 Å². The van der Waals surface area contributed by atoms with Gasteiger partial charge in [-0.2, -0.15) is 0 Å². The fraction of sp³-hybridized carbons (Fsp3) is 1.00. The van der Waals surface area contributed by atoms with Gasteiger partial charge in [0, 0.05) is 25.7 Å². The van der Waals surface area contributed by atoms with E-state index in [1.165, 1.54) is 25.9 Å². The van der Waals surface area contributed by atoms with Crippen molar-refractivity contribution in [2.75, 3.05) is 52.6 Å². The number of piperidine rings is 3. The highest BCUT2D eigenvalue weighted by molar-refractivity contribution is 4.91. The largest absolute Gasteiger partial charge is 0.389 e. The molecule has 3 fully saturated rings. The average Bonchev–Trinajstić information content (AvgIpc) is 2.46. The smallest absolute Gasteiger partial charge is 0.0897 e. The Morgan fingerprint density at radius 2 is 2.00 bits per heavy atom. The van der Waals surface area contributed by atoms with Gasteiger partial charge in [0.25, 0.3) is 0 Å². The van der Waals surface area contributed by atoms with Gasteiger partial charge in [0.2, 0.25) is 0 Å². The maximum atomic E-state index is 9.86. The molecule has 5 nitrogen and oxygen atoms in total. The minimum absolute atomic E-state index is 0.390. The zero-order chi connectivity index (χ0) is 13.5. The first-order valence-corrected chi connectivity index (χ1v) is 7.59. The third kappa shape index (κ3) is 5.00. The van der Waals surface area contributed by atoms with Crippen LogP contribution in [0, 0.1) is 5.92 Å². The van der Waals surface area contributed by atoms with Crippen LogP contribution < -0.4 is 5.32 Å². The van der Waals surface area contributed by atoms with Crippen LogP contribution in [0.5, 0.6) is 0 Å². The van der Waals surface area contributed by atoms with E-state index in [2.05, 4.69) is 10.2 Å². The van der Waals surface area contributed by atoms with Crippen LogP contribution in [-0.2, 0) is 9.47 Å². The van der Waals surface area contributed by atoms with E-state index in [-0.39, 0.29) is 0 Å². The first kappa shape index (κ1) is 15.2. The Kier molecular flexibility index (Phi) is 6.53. The normalized spacial score (nSPS) is 31.6. The molecule has 0 spiro atoms. The lowest BCUT2D eigenvalue weighted by atomic mass is 9.84. The van der Waals surface area contributed by atoms with Gasteiger partial charge in [-0.1, -0.05) is 0 Å². The molecule has 2 N–H and O–H groups in total. The van der Waals surface area contributed by atoms with E-state index in [9.17, 15) is 5.11 Å². The topological polar surface area (TPSA) is 54.0 Å². The summed E-state index contributed by atoms with van der Waals surface area (Å²) in [6, 6.07) is 0.556. The third-order valence-corrected chi connectivity index (χ3v) is 4.16. The molecular weight excluding hydrogens is 244 g/mol. The van der Waals surface area contributed by atoms with Gasteiger partial charge in [0.15, 0.2) is 0 Å². The molecule has 0 aromatic rings. The summed E-state index contributed by atoms with van der Waals surface area (Å²) in [6.45, 7) is 8.52. The van der Waals surface area contributed by atoms with Gasteiger partial charge in [0.05, 0.1) is 25.9 Å². The molecule has 2 atom stereocenters. The van der Waals surface area contributed by atoms with Crippen molar-refractivity contribution in [2.24, 2.45) is 5.92 Å². The number of hydrogen-bond acceptors (Lipinski definition) is 5. The molecule has 3 rings (SSSR count). The van der Waals surface area contributed by atoms with E-state index in [1.807, 2.05) is 6.92 Å². The summed E-state index contributed by atoms with van der Waals surface area (Å²) in [5, 5.41) is 13.4. The van der Waals surface area contributed by atoms with Crippen LogP contribution in [0.25, 0.3) is 0 Å². The summed E-state index contributed by atoms with van der Waals surface area (Å²) in [7, 11) is 0. The first-order chi connectivity index (χ1) is 9.29. The van der Waals surface area contributed by atoms with Crippen LogP contribution >= 0.6 is 0 Å². The highest BCUT2D eigenvalue weighted by Gasteiger charge is 2.33. The van der Waals surface area contributed by atoms with Crippen molar-refractivity contribution >= 4 is 0 Å². The Balaban J connectivity index is 1.52. The monoisotopic (exact) mass is 272 g/mol. The predicted octanol–water partition coefficient (Wildman–Crippen LogP) is 0.0842. The summed E-state index contributed by atoms with van der Waals surface area (Å²) in [5.41, 5.74) is 0. The van der Waals surface area contributed by atoms with Gasteiger partial charge >= 0.3 is 0 Å². The van der Waals surface area contributed by atoms with Gasteiger partial charge in [-0.15, -0.1) is 0 Å². The molecule has 5 heteroatoms. The lowest BCUT2D eigenvalue weighted by Gasteiger charge is -2.45. The summed E-state index contributed by atoms with van der Waals surface area (Å²) in [5.74, 6) is 0.802. The van der Waals surface area contributed by atoms with E-state index in [0.29, 0.717) is 39.0 Å². The minimum Gasteiger partial charge on any atom is -0.389 e. The van der Waals surface area contributed by atoms with Gasteiger partial charge in [0.1, 0.15) is 0 Å². The molecule has 2 bridgehead atoms. The van der Waals surface area contributed by atoms with Crippen LogP contribution in [0.15, 0.2) is 0 Å². The maximum absolute atomic E-state index is 9.86. The second-order valence-corrected chi connectivity index (χ2v) is 5.58. The molecule has 0 radical (unpaired) electrons. The van der Waals surface area contributed by atoms with Crippen LogP contribution in [0.1, 0.15) is 19.8 Å². The molecule has 0 aliphatic carbocycles. The maximum Gasteiger partial charge on any atom is 0.0897 e. The molecule has 0 amide bonds. The number of rotatable bonds is 9. The number of hydrogen-bond donors (Lipinski definition) is 2. The van der Waals surface area contributed by atoms with Crippen LogP contribution in [-0.4, -0.2) is 74.8 Å². The van der Waals surface area contributed by atoms with Crippen molar-refractivity contribution in [1.82, 2.24) is 10.2 Å². The Hall–Kier alpha value is -0.200. The molecule has 19 heavy (non-hydrogen) atoms. The fourth-order valence-electron chi connectivity index (χ4n) is 3.02. The predicted molar refractivity (Wildman–Crippen MR) is 74.3 cm³/mol. The first-order valence-electron chi connectivity index (χ1n) is 7.59. The highest BCUT2D eigenvalue weighted by atomic mass is 16.5. The zero-order valence-electron chi connectivity index (χ0n) is 12.0. The highest BCUT2D eigenvalue weighted by Crippen LogP contribution is 2.27. The second kappa shape index (κ2) is 8.17. The molecule has 3 heterocycles. The zero-order valence-corrected chi connectivity index (χ0v) is 12.0. The van der Waals surface area contributed by atoms with E-state index in [0.717, 1.165) is 12.5 Å².